The lowest BCUT2D eigenvalue weighted by Crippen LogP contribution is -2.44. The second-order valence-electron chi connectivity index (χ2n) is 6.36. The first-order valence-electron chi connectivity index (χ1n) is 8.41. The van der Waals surface area contributed by atoms with Crippen molar-refractivity contribution in [1.82, 2.24) is 14.7 Å². The Morgan fingerprint density at radius 1 is 1.42 bits per heavy atom. The molecule has 130 valence electrons. The van der Waals surface area contributed by atoms with E-state index in [2.05, 4.69) is 11.2 Å². The predicted octanol–water partition coefficient (Wildman–Crippen LogP) is 1.07. The highest BCUT2D eigenvalue weighted by atomic mass is 16.2. The minimum atomic E-state index is -0.321. The third-order valence-corrected chi connectivity index (χ3v) is 4.73. The molecule has 1 saturated heterocycles. The topological polar surface area (TPSA) is 105 Å². The molecule has 0 spiro atoms. The number of carbonyl (C=O) groups is 2. The van der Waals surface area contributed by atoms with Gasteiger partial charge in [-0.15, -0.1) is 0 Å². The van der Waals surface area contributed by atoms with E-state index in [0.717, 1.165) is 29.8 Å². The number of primary amides is 1. The maximum absolute atomic E-state index is 12.4. The van der Waals surface area contributed by atoms with Crippen LogP contribution in [-0.2, 0) is 22.6 Å². The number of nitrogens with zero attached hydrogens (tertiary/aromatic N) is 4. The fourth-order valence-electron chi connectivity index (χ4n) is 3.30. The zero-order chi connectivity index (χ0) is 17.7. The van der Waals surface area contributed by atoms with Gasteiger partial charge >= 0.3 is 0 Å². The molecule has 1 atom stereocenters. The summed E-state index contributed by atoms with van der Waals surface area (Å²) in [5.74, 6) is -0.484. The van der Waals surface area contributed by atoms with Crippen molar-refractivity contribution in [3.63, 3.8) is 0 Å². The minimum Gasteiger partial charge on any atom is -0.369 e. The van der Waals surface area contributed by atoms with E-state index in [1.807, 2.05) is 18.5 Å². The number of nitriles is 1. The summed E-state index contributed by atoms with van der Waals surface area (Å²) in [6, 6.07) is 2.12. The first kappa shape index (κ1) is 18.0. The summed E-state index contributed by atoms with van der Waals surface area (Å²) in [7, 11) is 0. The Bertz CT molecular complexity index is 659. The van der Waals surface area contributed by atoms with Gasteiger partial charge in [0.2, 0.25) is 11.8 Å². The van der Waals surface area contributed by atoms with E-state index in [1.54, 1.807) is 4.90 Å². The second-order valence-corrected chi connectivity index (χ2v) is 6.36. The Hall–Kier alpha value is -2.36. The standard InChI is InChI=1S/C17H25N5O2/c1-12-15(13(2)22(20-12)10-4-8-18)6-7-16(23)21-9-3-5-14(11-21)17(19)24/h14H,3-7,9-11H2,1-2H3,(H2,19,24)/t14-/m0/s1. The molecule has 2 rings (SSSR count). The van der Waals surface area contributed by atoms with Gasteiger partial charge < -0.3 is 10.6 Å². The highest BCUT2D eigenvalue weighted by molar-refractivity contribution is 5.80. The molecule has 1 fully saturated rings. The molecule has 1 aliphatic heterocycles. The molecule has 1 aliphatic rings. The first-order valence-corrected chi connectivity index (χ1v) is 8.41. The number of aromatic nitrogens is 2. The maximum Gasteiger partial charge on any atom is 0.222 e. The number of amides is 2. The minimum absolute atomic E-state index is 0.0597. The molecule has 1 aromatic heterocycles. The van der Waals surface area contributed by atoms with Gasteiger partial charge in [-0.3, -0.25) is 14.3 Å². The Balaban J connectivity index is 1.95. The van der Waals surface area contributed by atoms with Gasteiger partial charge in [0, 0.05) is 25.2 Å². The second kappa shape index (κ2) is 7.95. The summed E-state index contributed by atoms with van der Waals surface area (Å²) in [6.07, 6.45) is 3.03. The molecule has 0 aromatic carbocycles. The number of carbonyl (C=O) groups excluding carboxylic acids is 2. The predicted molar refractivity (Wildman–Crippen MR) is 88.8 cm³/mol. The molecule has 7 nitrogen and oxygen atoms in total. The van der Waals surface area contributed by atoms with Crippen molar-refractivity contribution in [2.24, 2.45) is 11.7 Å². The van der Waals surface area contributed by atoms with Crippen LogP contribution in [0.2, 0.25) is 0 Å². The summed E-state index contributed by atoms with van der Waals surface area (Å²) in [4.78, 5) is 25.5. The molecule has 0 saturated carbocycles. The van der Waals surface area contributed by atoms with Crippen molar-refractivity contribution in [1.29, 1.82) is 5.26 Å². The molecule has 24 heavy (non-hydrogen) atoms. The number of nitrogens with two attached hydrogens (primary N) is 1. The van der Waals surface area contributed by atoms with Crippen LogP contribution in [-0.4, -0.2) is 39.6 Å². The van der Waals surface area contributed by atoms with Crippen LogP contribution >= 0.6 is 0 Å². The highest BCUT2D eigenvalue weighted by Crippen LogP contribution is 2.19. The van der Waals surface area contributed by atoms with Crippen LogP contribution in [0.3, 0.4) is 0 Å². The van der Waals surface area contributed by atoms with Crippen LogP contribution in [0.1, 0.15) is 42.6 Å². The van der Waals surface area contributed by atoms with Crippen molar-refractivity contribution in [3.05, 3.63) is 17.0 Å². The van der Waals surface area contributed by atoms with Gasteiger partial charge in [-0.05, 0) is 38.7 Å². The van der Waals surface area contributed by atoms with Crippen LogP contribution in [0, 0.1) is 31.1 Å². The van der Waals surface area contributed by atoms with Crippen molar-refractivity contribution < 1.29 is 9.59 Å². The number of piperidine rings is 1. The van der Waals surface area contributed by atoms with Crippen molar-refractivity contribution in [2.75, 3.05) is 13.1 Å². The Labute approximate surface area is 142 Å². The van der Waals surface area contributed by atoms with Crippen molar-refractivity contribution in [3.8, 4) is 6.07 Å². The quantitative estimate of drug-likeness (QED) is 0.841. The van der Waals surface area contributed by atoms with Gasteiger partial charge in [0.15, 0.2) is 0 Å². The van der Waals surface area contributed by atoms with E-state index < -0.39 is 0 Å². The average Bonchev–Trinajstić information content (AvgIpc) is 2.84. The van der Waals surface area contributed by atoms with Crippen LogP contribution < -0.4 is 5.73 Å². The molecule has 2 heterocycles. The third kappa shape index (κ3) is 4.13. The van der Waals surface area contributed by atoms with E-state index in [4.69, 9.17) is 11.0 Å². The Morgan fingerprint density at radius 3 is 2.83 bits per heavy atom. The fraction of sp³-hybridized carbons (Fsp3) is 0.647. The largest absolute Gasteiger partial charge is 0.369 e. The number of aryl methyl sites for hydroxylation is 2. The summed E-state index contributed by atoms with van der Waals surface area (Å²) in [5, 5.41) is 13.2. The molecule has 2 N–H and O–H groups in total. The third-order valence-electron chi connectivity index (χ3n) is 4.73. The molecule has 2 amide bonds. The lowest BCUT2D eigenvalue weighted by Gasteiger charge is -2.31. The molecule has 7 heteroatoms. The number of hydrogen-bond donors (Lipinski definition) is 1. The van der Waals surface area contributed by atoms with E-state index in [-0.39, 0.29) is 17.7 Å². The summed E-state index contributed by atoms with van der Waals surface area (Å²) in [5.41, 5.74) is 8.37. The fourth-order valence-corrected chi connectivity index (χ4v) is 3.30. The highest BCUT2D eigenvalue weighted by Gasteiger charge is 2.27. The zero-order valence-corrected chi connectivity index (χ0v) is 14.4. The Morgan fingerprint density at radius 2 is 2.17 bits per heavy atom. The molecule has 0 aliphatic carbocycles. The van der Waals surface area contributed by atoms with Crippen LogP contribution in [0.25, 0.3) is 0 Å². The molecule has 0 unspecified atom stereocenters. The van der Waals surface area contributed by atoms with Gasteiger partial charge in [-0.2, -0.15) is 10.4 Å². The lowest BCUT2D eigenvalue weighted by atomic mass is 9.97. The van der Waals surface area contributed by atoms with Gasteiger partial charge in [0.1, 0.15) is 0 Å². The summed E-state index contributed by atoms with van der Waals surface area (Å²) < 4.78 is 1.84. The van der Waals surface area contributed by atoms with Gasteiger partial charge in [-0.25, -0.2) is 0 Å². The summed E-state index contributed by atoms with van der Waals surface area (Å²) >= 11 is 0. The molecule has 0 radical (unpaired) electrons. The SMILES string of the molecule is Cc1nn(CCC#N)c(C)c1CCC(=O)N1CCC[C@H](C(N)=O)C1. The van der Waals surface area contributed by atoms with Crippen LogP contribution in [0.5, 0.6) is 0 Å². The summed E-state index contributed by atoms with van der Waals surface area (Å²) in [6.45, 7) is 5.61. The maximum atomic E-state index is 12.4. The smallest absolute Gasteiger partial charge is 0.222 e. The van der Waals surface area contributed by atoms with E-state index in [0.29, 0.717) is 38.9 Å². The number of hydrogen-bond acceptors (Lipinski definition) is 4. The average molecular weight is 331 g/mol. The monoisotopic (exact) mass is 331 g/mol. The van der Waals surface area contributed by atoms with E-state index >= 15 is 0 Å². The zero-order valence-electron chi connectivity index (χ0n) is 14.4. The van der Waals surface area contributed by atoms with E-state index in [1.165, 1.54) is 0 Å². The lowest BCUT2D eigenvalue weighted by molar-refractivity contribution is -0.134. The van der Waals surface area contributed by atoms with Gasteiger partial charge in [0.05, 0.1) is 30.6 Å². The van der Waals surface area contributed by atoms with Crippen molar-refractivity contribution in [2.45, 2.75) is 52.5 Å². The first-order chi connectivity index (χ1) is 11.4. The normalized spacial score (nSPS) is 17.5. The Kier molecular flexibility index (Phi) is 5.96. The van der Waals surface area contributed by atoms with E-state index in [9.17, 15) is 9.59 Å². The van der Waals surface area contributed by atoms with Gasteiger partial charge in [-0.1, -0.05) is 0 Å². The molecule has 0 bridgehead atoms. The van der Waals surface area contributed by atoms with Crippen molar-refractivity contribution >= 4 is 11.8 Å². The molecular formula is C17H25N5O2. The number of rotatable bonds is 6. The van der Waals surface area contributed by atoms with Gasteiger partial charge in [0.25, 0.3) is 0 Å². The van der Waals surface area contributed by atoms with Crippen LogP contribution in [0.15, 0.2) is 0 Å². The van der Waals surface area contributed by atoms with Crippen LogP contribution in [0.4, 0.5) is 0 Å². The molecular weight excluding hydrogens is 306 g/mol. The number of likely N-dealkylation sites (tertiary alicyclic amines) is 1. The molecule has 1 aromatic rings.